The first kappa shape index (κ1) is 13.7. The SMILES string of the molecule is CC(CSCC(C)(CO)CO)C(=O)O. The first-order valence-corrected chi connectivity index (χ1v) is 5.63. The van der Waals surface area contributed by atoms with Crippen molar-refractivity contribution in [3.05, 3.63) is 0 Å². The van der Waals surface area contributed by atoms with Crippen LogP contribution >= 0.6 is 11.8 Å². The van der Waals surface area contributed by atoms with Gasteiger partial charge in [0.1, 0.15) is 0 Å². The van der Waals surface area contributed by atoms with Crippen molar-refractivity contribution in [2.75, 3.05) is 24.7 Å². The maximum Gasteiger partial charge on any atom is 0.307 e. The first-order valence-electron chi connectivity index (χ1n) is 4.47. The number of carbonyl (C=O) groups is 1. The average molecular weight is 222 g/mol. The number of thioether (sulfide) groups is 1. The Morgan fingerprint density at radius 1 is 1.43 bits per heavy atom. The zero-order chi connectivity index (χ0) is 11.2. The Balaban J connectivity index is 3.77. The molecule has 0 radical (unpaired) electrons. The summed E-state index contributed by atoms with van der Waals surface area (Å²) in [5, 5.41) is 26.6. The van der Waals surface area contributed by atoms with Gasteiger partial charge in [-0.1, -0.05) is 13.8 Å². The summed E-state index contributed by atoms with van der Waals surface area (Å²) in [7, 11) is 0. The topological polar surface area (TPSA) is 77.8 Å². The number of aliphatic hydroxyl groups is 2. The van der Waals surface area contributed by atoms with E-state index < -0.39 is 11.4 Å². The number of aliphatic hydroxyl groups excluding tert-OH is 2. The van der Waals surface area contributed by atoms with E-state index in [-0.39, 0.29) is 19.1 Å². The Morgan fingerprint density at radius 2 is 1.93 bits per heavy atom. The molecule has 0 amide bonds. The summed E-state index contributed by atoms with van der Waals surface area (Å²) in [6, 6.07) is 0. The molecule has 0 spiro atoms. The minimum atomic E-state index is -0.813. The van der Waals surface area contributed by atoms with Gasteiger partial charge in [-0.05, 0) is 0 Å². The Hall–Kier alpha value is -0.260. The van der Waals surface area contributed by atoms with E-state index in [1.54, 1.807) is 13.8 Å². The second-order valence-electron chi connectivity index (χ2n) is 3.88. The van der Waals surface area contributed by atoms with Gasteiger partial charge in [0.25, 0.3) is 0 Å². The molecule has 14 heavy (non-hydrogen) atoms. The minimum Gasteiger partial charge on any atom is -0.481 e. The fourth-order valence-corrected chi connectivity index (χ4v) is 1.98. The van der Waals surface area contributed by atoms with E-state index in [9.17, 15) is 4.79 Å². The molecule has 0 aliphatic carbocycles. The molecular weight excluding hydrogens is 204 g/mol. The highest BCUT2D eigenvalue weighted by atomic mass is 32.2. The van der Waals surface area contributed by atoms with Gasteiger partial charge >= 0.3 is 5.97 Å². The van der Waals surface area contributed by atoms with Crippen LogP contribution in [-0.4, -0.2) is 46.0 Å². The number of carboxylic acid groups (broad SMARTS) is 1. The third kappa shape index (κ3) is 4.83. The number of hydrogen-bond donors (Lipinski definition) is 3. The lowest BCUT2D eigenvalue weighted by atomic mass is 9.96. The average Bonchev–Trinajstić information content (AvgIpc) is 2.17. The molecule has 0 heterocycles. The van der Waals surface area contributed by atoms with Crippen molar-refractivity contribution < 1.29 is 20.1 Å². The van der Waals surface area contributed by atoms with Gasteiger partial charge in [-0.25, -0.2) is 0 Å². The van der Waals surface area contributed by atoms with Crippen LogP contribution in [0.15, 0.2) is 0 Å². The number of rotatable bonds is 7. The smallest absolute Gasteiger partial charge is 0.307 e. The van der Waals surface area contributed by atoms with E-state index in [1.807, 2.05) is 0 Å². The molecule has 0 aliphatic heterocycles. The first-order chi connectivity index (χ1) is 6.45. The van der Waals surface area contributed by atoms with E-state index in [1.165, 1.54) is 11.8 Å². The van der Waals surface area contributed by atoms with Crippen LogP contribution in [0.4, 0.5) is 0 Å². The van der Waals surface area contributed by atoms with Crippen LogP contribution < -0.4 is 0 Å². The van der Waals surface area contributed by atoms with Gasteiger partial charge in [-0.2, -0.15) is 11.8 Å². The van der Waals surface area contributed by atoms with Gasteiger partial charge in [-0.3, -0.25) is 4.79 Å². The molecule has 3 N–H and O–H groups in total. The Bertz CT molecular complexity index is 180. The zero-order valence-electron chi connectivity index (χ0n) is 8.56. The zero-order valence-corrected chi connectivity index (χ0v) is 9.38. The van der Waals surface area contributed by atoms with Crippen molar-refractivity contribution in [2.24, 2.45) is 11.3 Å². The molecule has 0 aromatic rings. The highest BCUT2D eigenvalue weighted by Crippen LogP contribution is 2.22. The summed E-state index contributed by atoms with van der Waals surface area (Å²) in [5.74, 6) is -0.128. The van der Waals surface area contributed by atoms with Crippen molar-refractivity contribution in [1.29, 1.82) is 0 Å². The minimum absolute atomic E-state index is 0.0854. The summed E-state index contributed by atoms with van der Waals surface area (Å²) in [5.41, 5.74) is -0.511. The van der Waals surface area contributed by atoms with Crippen LogP contribution in [0.3, 0.4) is 0 Å². The van der Waals surface area contributed by atoms with E-state index in [4.69, 9.17) is 15.3 Å². The van der Waals surface area contributed by atoms with Crippen molar-refractivity contribution in [3.8, 4) is 0 Å². The summed E-state index contributed by atoms with van der Waals surface area (Å²) in [6.07, 6.45) is 0. The monoisotopic (exact) mass is 222 g/mol. The molecule has 5 heteroatoms. The van der Waals surface area contributed by atoms with Crippen LogP contribution in [0, 0.1) is 11.3 Å². The predicted octanol–water partition coefficient (Wildman–Crippen LogP) is 0.431. The van der Waals surface area contributed by atoms with Gasteiger partial charge in [-0.15, -0.1) is 0 Å². The maximum absolute atomic E-state index is 10.5. The van der Waals surface area contributed by atoms with Crippen LogP contribution in [0.2, 0.25) is 0 Å². The summed E-state index contributed by atoms with van der Waals surface area (Å²) < 4.78 is 0. The van der Waals surface area contributed by atoms with Crippen LogP contribution in [0.5, 0.6) is 0 Å². The molecular formula is C9H18O4S. The summed E-state index contributed by atoms with van der Waals surface area (Å²) in [6.45, 7) is 3.24. The van der Waals surface area contributed by atoms with E-state index in [0.29, 0.717) is 11.5 Å². The molecule has 4 nitrogen and oxygen atoms in total. The molecule has 0 aliphatic rings. The molecule has 84 valence electrons. The Kier molecular flexibility index (Phi) is 6.15. The van der Waals surface area contributed by atoms with Crippen LogP contribution in [-0.2, 0) is 4.79 Å². The van der Waals surface area contributed by atoms with Gasteiger partial charge in [0.2, 0.25) is 0 Å². The lowest BCUT2D eigenvalue weighted by molar-refractivity contribution is -0.140. The summed E-state index contributed by atoms with van der Waals surface area (Å²) in [4.78, 5) is 10.5. The molecule has 0 saturated carbocycles. The number of hydrogen-bond acceptors (Lipinski definition) is 4. The molecule has 0 saturated heterocycles. The molecule has 0 aromatic carbocycles. The van der Waals surface area contributed by atoms with Gasteiger partial charge in [0.05, 0.1) is 19.1 Å². The molecule has 0 rings (SSSR count). The largest absolute Gasteiger partial charge is 0.481 e. The third-order valence-corrected chi connectivity index (χ3v) is 3.64. The number of aliphatic carboxylic acids is 1. The predicted molar refractivity (Wildman–Crippen MR) is 56.4 cm³/mol. The number of carboxylic acids is 1. The fraction of sp³-hybridized carbons (Fsp3) is 0.889. The highest BCUT2D eigenvalue weighted by molar-refractivity contribution is 7.99. The molecule has 1 unspecified atom stereocenters. The molecule has 0 fully saturated rings. The third-order valence-electron chi connectivity index (χ3n) is 2.00. The summed E-state index contributed by atoms with van der Waals surface area (Å²) >= 11 is 1.44. The van der Waals surface area contributed by atoms with Crippen molar-refractivity contribution in [3.63, 3.8) is 0 Å². The van der Waals surface area contributed by atoms with Crippen molar-refractivity contribution in [1.82, 2.24) is 0 Å². The lowest BCUT2D eigenvalue weighted by Gasteiger charge is -2.24. The molecule has 0 aromatic heterocycles. The van der Waals surface area contributed by atoms with E-state index in [2.05, 4.69) is 0 Å². The lowest BCUT2D eigenvalue weighted by Crippen LogP contribution is -2.29. The standard InChI is InChI=1S/C9H18O4S/c1-7(8(12)13)3-14-6-9(2,4-10)5-11/h7,10-11H,3-6H2,1-2H3,(H,12,13). The molecule has 1 atom stereocenters. The van der Waals surface area contributed by atoms with Gasteiger partial charge in [0, 0.05) is 16.9 Å². The van der Waals surface area contributed by atoms with Gasteiger partial charge < -0.3 is 15.3 Å². The fourth-order valence-electron chi connectivity index (χ4n) is 0.695. The highest BCUT2D eigenvalue weighted by Gasteiger charge is 2.23. The maximum atomic E-state index is 10.5. The van der Waals surface area contributed by atoms with E-state index >= 15 is 0 Å². The normalized spacial score (nSPS) is 14.0. The van der Waals surface area contributed by atoms with Crippen molar-refractivity contribution >= 4 is 17.7 Å². The van der Waals surface area contributed by atoms with E-state index in [0.717, 1.165) is 0 Å². The quantitative estimate of drug-likeness (QED) is 0.582. The van der Waals surface area contributed by atoms with Crippen molar-refractivity contribution in [2.45, 2.75) is 13.8 Å². The van der Waals surface area contributed by atoms with Crippen LogP contribution in [0.25, 0.3) is 0 Å². The Morgan fingerprint density at radius 3 is 2.29 bits per heavy atom. The van der Waals surface area contributed by atoms with Crippen LogP contribution in [0.1, 0.15) is 13.8 Å². The Labute approximate surface area is 88.3 Å². The second-order valence-corrected chi connectivity index (χ2v) is 4.91. The molecule has 0 bridgehead atoms. The van der Waals surface area contributed by atoms with Gasteiger partial charge in [0.15, 0.2) is 0 Å². The second kappa shape index (κ2) is 6.27.